The zero-order valence-corrected chi connectivity index (χ0v) is 22.1. The van der Waals surface area contributed by atoms with Crippen LogP contribution in [0.25, 0.3) is 10.1 Å². The summed E-state index contributed by atoms with van der Waals surface area (Å²) >= 11 is 1.35. The van der Waals surface area contributed by atoms with Crippen LogP contribution in [0, 0.1) is 5.92 Å². The lowest BCUT2D eigenvalue weighted by atomic mass is 10.0. The second-order valence-electron chi connectivity index (χ2n) is 10.2. The van der Waals surface area contributed by atoms with Crippen LogP contribution in [0.1, 0.15) is 32.3 Å². The molecule has 4 heterocycles. The summed E-state index contributed by atoms with van der Waals surface area (Å²) in [5.74, 6) is -0.522. The van der Waals surface area contributed by atoms with Gasteiger partial charge in [-0.15, -0.1) is 0 Å². The van der Waals surface area contributed by atoms with Gasteiger partial charge in [0.15, 0.2) is 10.8 Å². The van der Waals surface area contributed by atoms with Crippen molar-refractivity contribution in [3.8, 4) is 5.06 Å². The first-order chi connectivity index (χ1) is 18.3. The first-order valence-electron chi connectivity index (χ1n) is 12.8. The number of carbonyl (C=O) groups is 4. The quantitative estimate of drug-likeness (QED) is 0.498. The summed E-state index contributed by atoms with van der Waals surface area (Å²) in [6, 6.07) is 11.2. The van der Waals surface area contributed by atoms with Gasteiger partial charge in [-0.25, -0.2) is 4.79 Å². The molecule has 3 aromatic rings. The summed E-state index contributed by atoms with van der Waals surface area (Å²) < 4.78 is 6.51. The van der Waals surface area contributed by atoms with E-state index in [9.17, 15) is 19.2 Å². The fourth-order valence-corrected chi connectivity index (χ4v) is 6.24. The second kappa shape index (κ2) is 10.9. The van der Waals surface area contributed by atoms with Crippen LogP contribution in [-0.4, -0.2) is 69.7 Å². The van der Waals surface area contributed by atoms with Gasteiger partial charge in [0.05, 0.1) is 19.0 Å². The number of likely N-dealkylation sites (tertiary alicyclic amines) is 2. The molecule has 9 nitrogen and oxygen atoms in total. The molecule has 3 unspecified atom stereocenters. The predicted octanol–water partition coefficient (Wildman–Crippen LogP) is 3.42. The van der Waals surface area contributed by atoms with Crippen molar-refractivity contribution in [2.45, 2.75) is 51.2 Å². The minimum atomic E-state index is -0.844. The monoisotopic (exact) mass is 534 g/mol. The van der Waals surface area contributed by atoms with Gasteiger partial charge in [0.1, 0.15) is 12.1 Å². The highest BCUT2D eigenvalue weighted by molar-refractivity contribution is 7.20. The zero-order chi connectivity index (χ0) is 26.8. The van der Waals surface area contributed by atoms with Gasteiger partial charge < -0.3 is 19.9 Å². The Hall–Kier alpha value is -3.79. The summed E-state index contributed by atoms with van der Waals surface area (Å²) in [6.07, 6.45) is 3.63. The van der Waals surface area contributed by atoms with Gasteiger partial charge in [0.2, 0.25) is 11.8 Å². The minimum absolute atomic E-state index is 0.0194. The molecule has 2 saturated heterocycles. The van der Waals surface area contributed by atoms with Crippen LogP contribution in [0.3, 0.4) is 0 Å². The largest absolute Gasteiger partial charge is 0.414 e. The lowest BCUT2D eigenvalue weighted by Gasteiger charge is -2.28. The number of ether oxygens (including phenoxy) is 1. The van der Waals surface area contributed by atoms with E-state index in [1.807, 2.05) is 44.2 Å². The fourth-order valence-electron chi connectivity index (χ4n) is 5.33. The first kappa shape index (κ1) is 25.8. The highest BCUT2D eigenvalue weighted by atomic mass is 32.1. The van der Waals surface area contributed by atoms with E-state index in [0.717, 1.165) is 15.6 Å². The molecule has 5 rings (SSSR count). The number of benzene rings is 1. The van der Waals surface area contributed by atoms with E-state index < -0.39 is 18.2 Å². The molecule has 2 aliphatic heterocycles. The van der Waals surface area contributed by atoms with E-state index in [-0.39, 0.29) is 42.5 Å². The van der Waals surface area contributed by atoms with Crippen LogP contribution < -0.4 is 10.1 Å². The summed E-state index contributed by atoms with van der Waals surface area (Å²) in [5.41, 5.74) is 0.776. The lowest BCUT2D eigenvalue weighted by molar-refractivity contribution is -0.138. The number of nitrogens with one attached hydrogen (secondary N) is 1. The zero-order valence-electron chi connectivity index (χ0n) is 21.3. The van der Waals surface area contributed by atoms with Crippen LogP contribution in [0.4, 0.5) is 4.79 Å². The summed E-state index contributed by atoms with van der Waals surface area (Å²) in [5, 5.41) is 4.15. The normalized spacial score (nSPS) is 19.6. The molecular weight excluding hydrogens is 504 g/mol. The number of hydrogen-bond acceptors (Lipinski definition) is 7. The number of ketones is 1. The third-order valence-corrected chi connectivity index (χ3v) is 7.99. The number of Topliss-reactive ketones (excluding diaryl/α,β-unsaturated/α-hetero) is 1. The van der Waals surface area contributed by atoms with Crippen LogP contribution in [0.5, 0.6) is 5.06 Å². The number of carbonyl (C=O) groups excluding carboxylic acids is 4. The maximum atomic E-state index is 13.7. The van der Waals surface area contributed by atoms with Crippen molar-refractivity contribution >= 4 is 45.1 Å². The molecule has 198 valence electrons. The van der Waals surface area contributed by atoms with Crippen molar-refractivity contribution in [2.75, 3.05) is 13.1 Å². The molecule has 2 fully saturated rings. The highest BCUT2D eigenvalue weighted by Gasteiger charge is 2.52. The molecule has 38 heavy (non-hydrogen) atoms. The fraction of sp³-hybridized carbons (Fsp3) is 0.393. The molecule has 3 amide bonds. The van der Waals surface area contributed by atoms with Crippen LogP contribution >= 0.6 is 11.3 Å². The van der Waals surface area contributed by atoms with Crippen molar-refractivity contribution in [2.24, 2.45) is 5.92 Å². The molecule has 3 atom stereocenters. The maximum absolute atomic E-state index is 13.7. The van der Waals surface area contributed by atoms with Crippen molar-refractivity contribution in [1.82, 2.24) is 20.1 Å². The Morgan fingerprint density at radius 2 is 1.97 bits per heavy atom. The summed E-state index contributed by atoms with van der Waals surface area (Å²) in [4.78, 5) is 59.7. The molecule has 0 aliphatic carbocycles. The molecule has 2 aliphatic rings. The number of pyridine rings is 1. The van der Waals surface area contributed by atoms with E-state index in [2.05, 4.69) is 10.3 Å². The molecule has 0 radical (unpaired) electrons. The molecule has 10 heteroatoms. The van der Waals surface area contributed by atoms with Crippen molar-refractivity contribution in [3.05, 3.63) is 60.4 Å². The molecular formula is C28H30N4O5S. The Balaban J connectivity index is 1.26. The highest BCUT2D eigenvalue weighted by Crippen LogP contribution is 2.33. The lowest BCUT2D eigenvalue weighted by Crippen LogP contribution is -2.53. The number of aromatic nitrogens is 1. The summed E-state index contributed by atoms with van der Waals surface area (Å²) in [6.45, 7) is 4.25. The first-order valence-corrected chi connectivity index (χ1v) is 13.6. The molecule has 1 aromatic carbocycles. The van der Waals surface area contributed by atoms with Crippen molar-refractivity contribution in [1.29, 1.82) is 0 Å². The Morgan fingerprint density at radius 3 is 2.71 bits per heavy atom. The summed E-state index contributed by atoms with van der Waals surface area (Å²) in [7, 11) is 0. The number of fused-ring (bicyclic) bond motifs is 2. The van der Waals surface area contributed by atoms with Crippen molar-refractivity contribution in [3.63, 3.8) is 0 Å². The SMILES string of the molecule is CC(C)CC(NC(=O)Oc1cc2ccccc2s1)C(=O)N1CCC2C1C(=O)CN2C(=O)Cc1cccnc1. The van der Waals surface area contributed by atoms with Gasteiger partial charge in [0.25, 0.3) is 0 Å². The van der Waals surface area contributed by atoms with E-state index in [4.69, 9.17) is 4.74 Å². The van der Waals surface area contributed by atoms with E-state index in [1.165, 1.54) is 16.2 Å². The van der Waals surface area contributed by atoms with E-state index in [0.29, 0.717) is 24.4 Å². The topological polar surface area (TPSA) is 109 Å². The van der Waals surface area contributed by atoms with E-state index in [1.54, 1.807) is 29.4 Å². The average Bonchev–Trinajstić information content (AvgIpc) is 3.58. The van der Waals surface area contributed by atoms with Gasteiger partial charge in [-0.2, -0.15) is 0 Å². The predicted molar refractivity (Wildman–Crippen MR) is 143 cm³/mol. The Labute approximate surface area is 224 Å². The van der Waals surface area contributed by atoms with Gasteiger partial charge in [-0.3, -0.25) is 19.4 Å². The second-order valence-corrected chi connectivity index (χ2v) is 11.2. The van der Waals surface area contributed by atoms with Crippen molar-refractivity contribution < 1.29 is 23.9 Å². The number of rotatable bonds is 7. The Morgan fingerprint density at radius 1 is 1.16 bits per heavy atom. The number of amides is 3. The number of hydrogen-bond donors (Lipinski definition) is 1. The van der Waals surface area contributed by atoms with Crippen LogP contribution in [0.15, 0.2) is 54.9 Å². The molecule has 0 saturated carbocycles. The molecule has 2 aromatic heterocycles. The van der Waals surface area contributed by atoms with Gasteiger partial charge >= 0.3 is 6.09 Å². The Bertz CT molecular complexity index is 1320. The third kappa shape index (κ3) is 5.40. The van der Waals surface area contributed by atoms with E-state index >= 15 is 0 Å². The third-order valence-electron chi connectivity index (χ3n) is 7.00. The van der Waals surface area contributed by atoms with Crippen LogP contribution in [-0.2, 0) is 20.8 Å². The number of thiophene rings is 1. The van der Waals surface area contributed by atoms with Gasteiger partial charge in [0, 0.05) is 29.7 Å². The Kier molecular flexibility index (Phi) is 7.42. The molecule has 0 bridgehead atoms. The standard InChI is InChI=1S/C28H30N4O5S/c1-17(2)12-20(30-28(36)37-25-14-19-7-3-4-8-23(19)38-25)27(35)31-11-9-21-26(31)22(33)16-32(21)24(34)13-18-6-5-10-29-15-18/h3-8,10,14-15,17,20-21,26H,9,11-13,16H2,1-2H3,(H,30,36). The smallest absolute Gasteiger partial charge is 0.399 e. The van der Waals surface area contributed by atoms with Gasteiger partial charge in [-0.05, 0) is 41.8 Å². The minimum Gasteiger partial charge on any atom is -0.399 e. The molecule has 1 N–H and O–H groups in total. The maximum Gasteiger partial charge on any atom is 0.414 e. The molecule has 0 spiro atoms. The average molecular weight is 535 g/mol. The number of nitrogens with zero attached hydrogens (tertiary/aromatic N) is 3. The van der Waals surface area contributed by atoms with Crippen LogP contribution in [0.2, 0.25) is 0 Å². The van der Waals surface area contributed by atoms with Gasteiger partial charge in [-0.1, -0.05) is 49.4 Å².